The van der Waals surface area contributed by atoms with Gasteiger partial charge in [-0.25, -0.2) is 13.2 Å². The van der Waals surface area contributed by atoms with E-state index in [4.69, 9.17) is 23.2 Å². The van der Waals surface area contributed by atoms with Gasteiger partial charge in [0.1, 0.15) is 5.82 Å². The average Bonchev–Trinajstić information content (AvgIpc) is 2.38. The summed E-state index contributed by atoms with van der Waals surface area (Å²) in [6.07, 6.45) is 0. The van der Waals surface area contributed by atoms with Gasteiger partial charge in [-0.3, -0.25) is 0 Å². The quantitative estimate of drug-likeness (QED) is 0.728. The van der Waals surface area contributed by atoms with Gasteiger partial charge in [-0.15, -0.1) is 0 Å². The van der Waals surface area contributed by atoms with Crippen LogP contribution in [0.15, 0.2) is 30.3 Å². The van der Waals surface area contributed by atoms with Crippen LogP contribution in [0.1, 0.15) is 18.5 Å². The van der Waals surface area contributed by atoms with Crippen LogP contribution >= 0.6 is 23.2 Å². The molecule has 1 nitrogen and oxygen atoms in total. The summed E-state index contributed by atoms with van der Waals surface area (Å²) in [5, 5.41) is 3.66. The molecule has 0 aliphatic carbocycles. The van der Waals surface area contributed by atoms with Crippen molar-refractivity contribution in [1.29, 1.82) is 0 Å². The SMILES string of the molecule is CC(Nc1cc(F)c(F)cc1F)c1cc(Cl)ccc1Cl. The van der Waals surface area contributed by atoms with Gasteiger partial charge in [0, 0.05) is 22.2 Å². The molecule has 0 aliphatic rings. The molecule has 0 aliphatic heterocycles. The number of benzene rings is 2. The van der Waals surface area contributed by atoms with Crippen LogP contribution in [0.2, 0.25) is 10.0 Å². The minimum absolute atomic E-state index is 0.146. The highest BCUT2D eigenvalue weighted by Gasteiger charge is 2.15. The molecule has 1 N–H and O–H groups in total. The Bertz CT molecular complexity index is 647. The second-order valence-corrected chi connectivity index (χ2v) is 5.12. The molecule has 0 saturated heterocycles. The van der Waals surface area contributed by atoms with Gasteiger partial charge in [-0.2, -0.15) is 0 Å². The van der Waals surface area contributed by atoms with Crippen molar-refractivity contribution in [2.75, 3.05) is 5.32 Å². The van der Waals surface area contributed by atoms with Crippen molar-refractivity contribution in [3.8, 4) is 0 Å². The molecule has 2 rings (SSSR count). The van der Waals surface area contributed by atoms with E-state index in [1.807, 2.05) is 0 Å². The Kier molecular flexibility index (Phi) is 4.45. The predicted octanol–water partition coefficient (Wildman–Crippen LogP) is 5.58. The Morgan fingerprint density at radius 3 is 2.30 bits per heavy atom. The second-order valence-electron chi connectivity index (χ2n) is 4.28. The summed E-state index contributed by atoms with van der Waals surface area (Å²) in [4.78, 5) is 0. The number of nitrogens with one attached hydrogen (secondary N) is 1. The summed E-state index contributed by atoms with van der Waals surface area (Å²) in [7, 11) is 0. The monoisotopic (exact) mass is 319 g/mol. The third-order valence-electron chi connectivity index (χ3n) is 2.81. The van der Waals surface area contributed by atoms with Gasteiger partial charge in [0.05, 0.1) is 11.7 Å². The van der Waals surface area contributed by atoms with Gasteiger partial charge in [-0.05, 0) is 30.7 Å². The third kappa shape index (κ3) is 3.19. The average molecular weight is 320 g/mol. The fourth-order valence-corrected chi connectivity index (χ4v) is 2.25. The van der Waals surface area contributed by atoms with Crippen LogP contribution in [0.25, 0.3) is 0 Å². The number of hydrogen-bond donors (Lipinski definition) is 1. The van der Waals surface area contributed by atoms with Crippen LogP contribution in [0.4, 0.5) is 18.9 Å². The standard InChI is InChI=1S/C14H10Cl2F3N/c1-7(9-4-8(15)2-3-10(9)16)20-14-6-12(18)11(17)5-13(14)19/h2-7,20H,1H3. The minimum Gasteiger partial charge on any atom is -0.376 e. The summed E-state index contributed by atoms with van der Waals surface area (Å²) in [6.45, 7) is 1.71. The molecule has 6 heteroatoms. The Morgan fingerprint density at radius 1 is 0.950 bits per heavy atom. The fraction of sp³-hybridized carbons (Fsp3) is 0.143. The lowest BCUT2D eigenvalue weighted by Gasteiger charge is -2.18. The zero-order valence-corrected chi connectivity index (χ0v) is 11.9. The van der Waals surface area contributed by atoms with Crippen molar-refractivity contribution in [1.82, 2.24) is 0 Å². The van der Waals surface area contributed by atoms with Crippen molar-refractivity contribution in [2.24, 2.45) is 0 Å². The first kappa shape index (κ1) is 15.0. The molecule has 1 atom stereocenters. The summed E-state index contributed by atoms with van der Waals surface area (Å²) in [5.41, 5.74) is 0.482. The van der Waals surface area contributed by atoms with E-state index in [9.17, 15) is 13.2 Å². The first-order valence-corrected chi connectivity index (χ1v) is 6.50. The molecule has 0 saturated carbocycles. The van der Waals surface area contributed by atoms with Gasteiger partial charge >= 0.3 is 0 Å². The van der Waals surface area contributed by atoms with Crippen LogP contribution in [0, 0.1) is 17.5 Å². The van der Waals surface area contributed by atoms with Crippen molar-refractivity contribution >= 4 is 28.9 Å². The van der Waals surface area contributed by atoms with Crippen molar-refractivity contribution in [2.45, 2.75) is 13.0 Å². The molecule has 0 fully saturated rings. The third-order valence-corrected chi connectivity index (χ3v) is 3.39. The highest BCUT2D eigenvalue weighted by molar-refractivity contribution is 6.33. The van der Waals surface area contributed by atoms with Crippen LogP contribution in [0.5, 0.6) is 0 Å². The first-order chi connectivity index (χ1) is 9.38. The number of anilines is 1. The zero-order chi connectivity index (χ0) is 14.9. The zero-order valence-electron chi connectivity index (χ0n) is 10.4. The maximum absolute atomic E-state index is 13.6. The Hall–Kier alpha value is -1.39. The molecule has 0 amide bonds. The normalized spacial score (nSPS) is 12.3. The molecular weight excluding hydrogens is 310 g/mol. The van der Waals surface area contributed by atoms with E-state index in [1.165, 1.54) is 0 Å². The predicted molar refractivity (Wildman–Crippen MR) is 74.8 cm³/mol. The molecule has 1 unspecified atom stereocenters. The molecule has 0 radical (unpaired) electrons. The number of halogens is 5. The summed E-state index contributed by atoms with van der Waals surface area (Å²) in [6, 6.07) is 5.68. The van der Waals surface area contributed by atoms with Crippen LogP contribution < -0.4 is 5.32 Å². The van der Waals surface area contributed by atoms with Gasteiger partial charge < -0.3 is 5.32 Å². The topological polar surface area (TPSA) is 12.0 Å². The molecule has 0 heterocycles. The Balaban J connectivity index is 2.30. The largest absolute Gasteiger partial charge is 0.376 e. The smallest absolute Gasteiger partial charge is 0.161 e. The molecule has 2 aromatic carbocycles. The Morgan fingerprint density at radius 2 is 1.60 bits per heavy atom. The van der Waals surface area contributed by atoms with Crippen LogP contribution in [0.3, 0.4) is 0 Å². The van der Waals surface area contributed by atoms with Gasteiger partial charge in [0.25, 0.3) is 0 Å². The van der Waals surface area contributed by atoms with E-state index >= 15 is 0 Å². The summed E-state index contributed by atoms with van der Waals surface area (Å²) < 4.78 is 39.5. The lowest BCUT2D eigenvalue weighted by molar-refractivity contribution is 0.495. The Labute approximate surface area is 124 Å². The minimum atomic E-state index is -1.23. The van der Waals surface area contributed by atoms with Gasteiger partial charge in [0.2, 0.25) is 0 Å². The van der Waals surface area contributed by atoms with Crippen LogP contribution in [-0.2, 0) is 0 Å². The highest BCUT2D eigenvalue weighted by atomic mass is 35.5. The van der Waals surface area contributed by atoms with E-state index in [0.29, 0.717) is 21.7 Å². The number of hydrogen-bond acceptors (Lipinski definition) is 1. The van der Waals surface area contributed by atoms with Crippen molar-refractivity contribution in [3.63, 3.8) is 0 Å². The lowest BCUT2D eigenvalue weighted by atomic mass is 10.1. The first-order valence-electron chi connectivity index (χ1n) is 5.74. The van der Waals surface area contributed by atoms with Crippen molar-refractivity contribution < 1.29 is 13.2 Å². The molecule has 20 heavy (non-hydrogen) atoms. The molecule has 2 aromatic rings. The van der Waals surface area contributed by atoms with Gasteiger partial charge in [-0.1, -0.05) is 23.2 Å². The molecule has 106 valence electrons. The van der Waals surface area contributed by atoms with E-state index in [1.54, 1.807) is 25.1 Å². The second kappa shape index (κ2) is 5.94. The molecule has 0 aromatic heterocycles. The van der Waals surface area contributed by atoms with E-state index in [0.717, 1.165) is 6.07 Å². The summed E-state index contributed by atoms with van der Waals surface area (Å²) >= 11 is 11.9. The molecule has 0 spiro atoms. The molecule has 0 bridgehead atoms. The highest BCUT2D eigenvalue weighted by Crippen LogP contribution is 2.30. The van der Waals surface area contributed by atoms with E-state index in [-0.39, 0.29) is 5.69 Å². The lowest BCUT2D eigenvalue weighted by Crippen LogP contribution is -2.09. The van der Waals surface area contributed by atoms with Crippen molar-refractivity contribution in [3.05, 3.63) is 63.4 Å². The maximum Gasteiger partial charge on any atom is 0.161 e. The summed E-state index contributed by atoms with van der Waals surface area (Å²) in [5.74, 6) is -3.24. The maximum atomic E-state index is 13.6. The van der Waals surface area contributed by atoms with E-state index in [2.05, 4.69) is 5.32 Å². The number of rotatable bonds is 3. The van der Waals surface area contributed by atoms with Gasteiger partial charge in [0.15, 0.2) is 11.6 Å². The van der Waals surface area contributed by atoms with Crippen LogP contribution in [-0.4, -0.2) is 0 Å². The van der Waals surface area contributed by atoms with E-state index < -0.39 is 23.5 Å². The fourth-order valence-electron chi connectivity index (χ4n) is 1.79. The molecular formula is C14H10Cl2F3N.